The minimum atomic E-state index is -0.333. The molecule has 0 aromatic heterocycles. The monoisotopic (exact) mass is 281 g/mol. The van der Waals surface area contributed by atoms with E-state index in [1.54, 1.807) is 4.90 Å². The number of carbonyl (C=O) groups is 2. The van der Waals surface area contributed by atoms with Gasteiger partial charge in [0, 0.05) is 12.5 Å². The van der Waals surface area contributed by atoms with Crippen molar-refractivity contribution in [1.29, 1.82) is 0 Å². The van der Waals surface area contributed by atoms with Crippen LogP contribution in [0.4, 0.5) is 0 Å². The molecular weight excluding hydrogens is 254 g/mol. The molecule has 1 atom stereocenters. The number of ether oxygens (including phenoxy) is 1. The Kier molecular flexibility index (Phi) is 5.86. The van der Waals surface area contributed by atoms with E-state index in [1.807, 2.05) is 0 Å². The van der Waals surface area contributed by atoms with Crippen LogP contribution >= 0.6 is 0 Å². The van der Waals surface area contributed by atoms with Gasteiger partial charge in [-0.1, -0.05) is 38.5 Å². The summed E-state index contributed by atoms with van der Waals surface area (Å²) in [6.45, 7) is 0.717. The van der Waals surface area contributed by atoms with Gasteiger partial charge in [0.05, 0.1) is 7.11 Å². The molecule has 4 heteroatoms. The molecule has 4 nitrogen and oxygen atoms in total. The lowest BCUT2D eigenvalue weighted by Gasteiger charge is -2.27. The Labute approximate surface area is 121 Å². The van der Waals surface area contributed by atoms with Gasteiger partial charge in [0.1, 0.15) is 6.04 Å². The minimum absolute atomic E-state index is 0.123. The summed E-state index contributed by atoms with van der Waals surface area (Å²) in [6, 6.07) is -0.333. The predicted molar refractivity (Wildman–Crippen MR) is 77.2 cm³/mol. The molecule has 1 aliphatic carbocycles. The lowest BCUT2D eigenvalue weighted by molar-refractivity contribution is -0.152. The van der Waals surface area contributed by atoms with E-state index in [4.69, 9.17) is 4.74 Å². The van der Waals surface area contributed by atoms with Gasteiger partial charge in [0.25, 0.3) is 0 Å². The van der Waals surface area contributed by atoms with Crippen molar-refractivity contribution in [2.45, 2.75) is 70.3 Å². The standard InChI is InChI=1S/C16H27NO3/c1-20-16(19)14-11-8-12-17(14)15(18)13-9-6-4-2-3-5-7-10-13/h13-14H,2-12H2,1H3. The first kappa shape index (κ1) is 15.3. The summed E-state index contributed by atoms with van der Waals surface area (Å²) in [7, 11) is 1.41. The summed E-state index contributed by atoms with van der Waals surface area (Å²) in [5.74, 6) is 0.0667. The summed E-state index contributed by atoms with van der Waals surface area (Å²) in [6.07, 6.45) is 11.0. The Hall–Kier alpha value is -1.06. The average molecular weight is 281 g/mol. The molecule has 1 saturated heterocycles. The number of amides is 1. The summed E-state index contributed by atoms with van der Waals surface area (Å²) in [4.78, 5) is 26.3. The van der Waals surface area contributed by atoms with Crippen molar-refractivity contribution in [2.24, 2.45) is 5.92 Å². The van der Waals surface area contributed by atoms with E-state index in [9.17, 15) is 9.59 Å². The zero-order chi connectivity index (χ0) is 14.4. The molecule has 1 amide bonds. The predicted octanol–water partition coefficient (Wildman–Crippen LogP) is 2.90. The Morgan fingerprint density at radius 3 is 2.10 bits per heavy atom. The Morgan fingerprint density at radius 2 is 1.50 bits per heavy atom. The zero-order valence-corrected chi connectivity index (χ0v) is 12.6. The second-order valence-electron chi connectivity index (χ2n) is 6.11. The third-order valence-corrected chi connectivity index (χ3v) is 4.71. The lowest BCUT2D eigenvalue weighted by atomic mass is 9.95. The third-order valence-electron chi connectivity index (χ3n) is 4.71. The Bertz CT molecular complexity index is 333. The molecule has 2 rings (SSSR count). The smallest absolute Gasteiger partial charge is 0.328 e. The molecule has 1 heterocycles. The van der Waals surface area contributed by atoms with Gasteiger partial charge in [0.15, 0.2) is 0 Å². The maximum Gasteiger partial charge on any atom is 0.328 e. The summed E-state index contributed by atoms with van der Waals surface area (Å²) in [5.41, 5.74) is 0. The largest absolute Gasteiger partial charge is 0.467 e. The van der Waals surface area contributed by atoms with Crippen molar-refractivity contribution in [1.82, 2.24) is 4.90 Å². The second kappa shape index (κ2) is 7.65. The second-order valence-corrected chi connectivity index (χ2v) is 6.11. The highest BCUT2D eigenvalue weighted by molar-refractivity contribution is 5.86. The molecule has 1 saturated carbocycles. The van der Waals surface area contributed by atoms with Crippen LogP contribution in [-0.2, 0) is 14.3 Å². The first-order valence-corrected chi connectivity index (χ1v) is 8.12. The molecule has 0 bridgehead atoms. The SMILES string of the molecule is COC(=O)C1CCCN1C(=O)C1CCCCCCCC1. The molecule has 2 aliphatic rings. The van der Waals surface area contributed by atoms with Crippen LogP contribution in [0.15, 0.2) is 0 Å². The van der Waals surface area contributed by atoms with Crippen molar-refractivity contribution in [3.63, 3.8) is 0 Å². The highest BCUT2D eigenvalue weighted by atomic mass is 16.5. The molecule has 1 aliphatic heterocycles. The summed E-state index contributed by atoms with van der Waals surface area (Å²) >= 11 is 0. The third kappa shape index (κ3) is 3.74. The van der Waals surface area contributed by atoms with Crippen molar-refractivity contribution >= 4 is 11.9 Å². The zero-order valence-electron chi connectivity index (χ0n) is 12.6. The fraction of sp³-hybridized carbons (Fsp3) is 0.875. The van der Waals surface area contributed by atoms with E-state index in [2.05, 4.69) is 0 Å². The van der Waals surface area contributed by atoms with Gasteiger partial charge in [-0.15, -0.1) is 0 Å². The molecule has 0 radical (unpaired) electrons. The van der Waals surface area contributed by atoms with Gasteiger partial charge in [-0.2, -0.15) is 0 Å². The highest BCUT2D eigenvalue weighted by Gasteiger charge is 2.37. The van der Waals surface area contributed by atoms with Crippen LogP contribution in [0.2, 0.25) is 0 Å². The van der Waals surface area contributed by atoms with Crippen LogP contribution in [-0.4, -0.2) is 36.5 Å². The molecule has 20 heavy (non-hydrogen) atoms. The van der Waals surface area contributed by atoms with E-state index in [0.29, 0.717) is 0 Å². The molecule has 0 N–H and O–H groups in total. The summed E-state index contributed by atoms with van der Waals surface area (Å²) in [5, 5.41) is 0. The molecule has 0 spiro atoms. The van der Waals surface area contributed by atoms with Gasteiger partial charge < -0.3 is 9.64 Å². The van der Waals surface area contributed by atoms with Crippen LogP contribution in [0.3, 0.4) is 0 Å². The van der Waals surface area contributed by atoms with Crippen LogP contribution in [0, 0.1) is 5.92 Å². The van der Waals surface area contributed by atoms with Crippen LogP contribution in [0.5, 0.6) is 0 Å². The Morgan fingerprint density at radius 1 is 0.900 bits per heavy atom. The molecule has 114 valence electrons. The number of methoxy groups -OCH3 is 1. The van der Waals surface area contributed by atoms with Crippen molar-refractivity contribution in [3.8, 4) is 0 Å². The van der Waals surface area contributed by atoms with Gasteiger partial charge >= 0.3 is 5.97 Å². The van der Waals surface area contributed by atoms with E-state index >= 15 is 0 Å². The lowest BCUT2D eigenvalue weighted by Crippen LogP contribution is -2.44. The molecule has 2 fully saturated rings. The number of hydrogen-bond acceptors (Lipinski definition) is 3. The highest BCUT2D eigenvalue weighted by Crippen LogP contribution is 2.27. The van der Waals surface area contributed by atoms with E-state index in [-0.39, 0.29) is 23.8 Å². The molecular formula is C16H27NO3. The maximum atomic E-state index is 12.7. The number of carbonyl (C=O) groups excluding carboxylic acids is 2. The number of likely N-dealkylation sites (tertiary alicyclic amines) is 1. The van der Waals surface area contributed by atoms with Crippen molar-refractivity contribution < 1.29 is 14.3 Å². The van der Waals surface area contributed by atoms with Crippen LogP contribution < -0.4 is 0 Å². The van der Waals surface area contributed by atoms with Crippen LogP contribution in [0.1, 0.15) is 64.2 Å². The van der Waals surface area contributed by atoms with Gasteiger partial charge in [-0.25, -0.2) is 4.79 Å². The number of hydrogen-bond donors (Lipinski definition) is 0. The van der Waals surface area contributed by atoms with Gasteiger partial charge in [-0.05, 0) is 25.7 Å². The van der Waals surface area contributed by atoms with E-state index in [1.165, 1.54) is 32.8 Å². The van der Waals surface area contributed by atoms with Crippen molar-refractivity contribution in [3.05, 3.63) is 0 Å². The topological polar surface area (TPSA) is 46.6 Å². The maximum absolute atomic E-state index is 12.7. The number of rotatable bonds is 2. The van der Waals surface area contributed by atoms with Gasteiger partial charge in [-0.3, -0.25) is 4.79 Å². The summed E-state index contributed by atoms with van der Waals surface area (Å²) < 4.78 is 4.83. The van der Waals surface area contributed by atoms with Crippen molar-refractivity contribution in [2.75, 3.05) is 13.7 Å². The quantitative estimate of drug-likeness (QED) is 0.731. The fourth-order valence-electron chi connectivity index (χ4n) is 3.53. The Balaban J connectivity index is 1.98. The minimum Gasteiger partial charge on any atom is -0.467 e. The molecule has 0 aromatic carbocycles. The number of nitrogens with zero attached hydrogens (tertiary/aromatic N) is 1. The first-order valence-electron chi connectivity index (χ1n) is 8.12. The molecule has 0 aromatic rings. The normalized spacial score (nSPS) is 25.6. The fourth-order valence-corrected chi connectivity index (χ4v) is 3.53. The number of esters is 1. The van der Waals surface area contributed by atoms with E-state index in [0.717, 1.165) is 45.1 Å². The van der Waals surface area contributed by atoms with Crippen LogP contribution in [0.25, 0.3) is 0 Å². The first-order chi connectivity index (χ1) is 9.74. The molecule has 1 unspecified atom stereocenters. The average Bonchev–Trinajstić information content (AvgIpc) is 2.98. The van der Waals surface area contributed by atoms with Gasteiger partial charge in [0.2, 0.25) is 5.91 Å². The van der Waals surface area contributed by atoms with E-state index < -0.39 is 0 Å².